The van der Waals surface area contributed by atoms with Crippen molar-refractivity contribution < 1.29 is 19.8 Å². The Bertz CT molecular complexity index is 911. The van der Waals surface area contributed by atoms with E-state index in [4.69, 9.17) is 5.11 Å². The predicted octanol–water partition coefficient (Wildman–Crippen LogP) is 0.539. The number of carbonyl (C=O) groups is 2. The van der Waals surface area contributed by atoms with Crippen LogP contribution in [0.15, 0.2) is 30.6 Å². The zero-order chi connectivity index (χ0) is 17.3. The van der Waals surface area contributed by atoms with Crippen LogP contribution in [0.2, 0.25) is 0 Å². The molecule has 0 spiro atoms. The fraction of sp³-hybridized carbons (Fsp3) is 0.154. The molecule has 0 aliphatic rings. The van der Waals surface area contributed by atoms with Gasteiger partial charge >= 0.3 is 12.1 Å². The van der Waals surface area contributed by atoms with E-state index >= 15 is 0 Å². The van der Waals surface area contributed by atoms with Gasteiger partial charge in [0.25, 0.3) is 0 Å². The summed E-state index contributed by atoms with van der Waals surface area (Å²) in [4.78, 5) is 31.3. The van der Waals surface area contributed by atoms with E-state index in [0.717, 1.165) is 0 Å². The number of rotatable bonds is 4. The van der Waals surface area contributed by atoms with Gasteiger partial charge in [0.05, 0.1) is 0 Å². The number of anilines is 1. The van der Waals surface area contributed by atoms with E-state index < -0.39 is 18.1 Å². The van der Waals surface area contributed by atoms with Crippen molar-refractivity contribution in [2.75, 3.05) is 4.90 Å². The predicted molar refractivity (Wildman–Crippen MR) is 79.4 cm³/mol. The zero-order valence-electron chi connectivity index (χ0n) is 12.3. The van der Waals surface area contributed by atoms with Crippen LogP contribution in [-0.2, 0) is 4.79 Å². The van der Waals surface area contributed by atoms with Gasteiger partial charge in [0.2, 0.25) is 5.82 Å². The van der Waals surface area contributed by atoms with Crippen molar-refractivity contribution in [2.45, 2.75) is 13.0 Å². The van der Waals surface area contributed by atoms with E-state index in [1.54, 1.807) is 6.07 Å². The second kappa shape index (κ2) is 5.87. The average Bonchev–Trinajstić information content (AvgIpc) is 2.98. The Kier molecular flexibility index (Phi) is 3.74. The summed E-state index contributed by atoms with van der Waals surface area (Å²) in [5, 5.41) is 30.4. The minimum atomic E-state index is -1.44. The summed E-state index contributed by atoms with van der Waals surface area (Å²) in [7, 11) is 0. The lowest BCUT2D eigenvalue weighted by atomic mass is 10.3. The third kappa shape index (κ3) is 2.58. The SMILES string of the molecule is C[C@H](C(=O)O)N(C(=O)O)c1ccc2nnc(-c3ncccn3)n2n1. The molecule has 24 heavy (non-hydrogen) atoms. The van der Waals surface area contributed by atoms with Crippen molar-refractivity contribution in [3.63, 3.8) is 0 Å². The molecule has 0 bridgehead atoms. The molecule has 0 fully saturated rings. The molecule has 0 aromatic carbocycles. The highest BCUT2D eigenvalue weighted by molar-refractivity contribution is 5.93. The van der Waals surface area contributed by atoms with Crippen LogP contribution in [0.25, 0.3) is 17.3 Å². The maximum absolute atomic E-state index is 11.4. The fourth-order valence-corrected chi connectivity index (χ4v) is 2.03. The maximum Gasteiger partial charge on any atom is 0.413 e. The molecule has 2 N–H and O–H groups in total. The third-order valence-corrected chi connectivity index (χ3v) is 3.21. The van der Waals surface area contributed by atoms with Crippen LogP contribution in [-0.4, -0.2) is 58.1 Å². The van der Waals surface area contributed by atoms with Crippen LogP contribution in [0.5, 0.6) is 0 Å². The molecule has 0 aliphatic carbocycles. The number of hydrogen-bond donors (Lipinski definition) is 2. The van der Waals surface area contributed by atoms with Gasteiger partial charge in [-0.05, 0) is 25.1 Å². The number of nitrogens with zero attached hydrogens (tertiary/aromatic N) is 7. The smallest absolute Gasteiger partial charge is 0.413 e. The topological polar surface area (TPSA) is 147 Å². The summed E-state index contributed by atoms with van der Waals surface area (Å²) in [6.07, 6.45) is 1.59. The number of carboxylic acids is 1. The van der Waals surface area contributed by atoms with E-state index in [0.29, 0.717) is 10.5 Å². The Labute approximate surface area is 134 Å². The molecule has 3 rings (SSSR count). The van der Waals surface area contributed by atoms with Crippen LogP contribution >= 0.6 is 0 Å². The van der Waals surface area contributed by atoms with Gasteiger partial charge in [0.1, 0.15) is 6.04 Å². The normalized spacial score (nSPS) is 12.0. The van der Waals surface area contributed by atoms with Crippen molar-refractivity contribution in [3.8, 4) is 11.6 Å². The minimum absolute atomic E-state index is 0.0816. The summed E-state index contributed by atoms with van der Waals surface area (Å²) in [5.41, 5.74) is 0.342. The summed E-state index contributed by atoms with van der Waals surface area (Å²) < 4.78 is 1.26. The molecular formula is C13H11N7O4. The van der Waals surface area contributed by atoms with Gasteiger partial charge in [0.15, 0.2) is 17.3 Å². The summed E-state index contributed by atoms with van der Waals surface area (Å²) in [5.74, 6) is -0.917. The first-order valence-electron chi connectivity index (χ1n) is 6.74. The highest BCUT2D eigenvalue weighted by atomic mass is 16.4. The average molecular weight is 329 g/mol. The Morgan fingerprint density at radius 3 is 2.50 bits per heavy atom. The molecule has 122 valence electrons. The van der Waals surface area contributed by atoms with Gasteiger partial charge in [-0.25, -0.2) is 24.5 Å². The van der Waals surface area contributed by atoms with E-state index in [1.165, 1.54) is 36.0 Å². The molecule has 1 atom stereocenters. The molecule has 0 radical (unpaired) electrons. The van der Waals surface area contributed by atoms with Crippen LogP contribution in [0.1, 0.15) is 6.92 Å². The quantitative estimate of drug-likeness (QED) is 0.699. The van der Waals surface area contributed by atoms with Crippen molar-refractivity contribution in [2.24, 2.45) is 0 Å². The lowest BCUT2D eigenvalue weighted by molar-refractivity contribution is -0.138. The molecular weight excluding hydrogens is 318 g/mol. The third-order valence-electron chi connectivity index (χ3n) is 3.21. The highest BCUT2D eigenvalue weighted by Crippen LogP contribution is 2.18. The van der Waals surface area contributed by atoms with Crippen molar-refractivity contribution >= 4 is 23.5 Å². The first-order valence-corrected chi connectivity index (χ1v) is 6.74. The zero-order valence-corrected chi connectivity index (χ0v) is 12.3. The van der Waals surface area contributed by atoms with Crippen molar-refractivity contribution in [1.82, 2.24) is 29.8 Å². The van der Waals surface area contributed by atoms with Crippen LogP contribution < -0.4 is 4.90 Å². The number of carboxylic acid groups (broad SMARTS) is 2. The number of amides is 1. The first kappa shape index (κ1) is 15.3. The second-order valence-electron chi connectivity index (χ2n) is 4.72. The Balaban J connectivity index is 2.13. The minimum Gasteiger partial charge on any atom is -0.480 e. The van der Waals surface area contributed by atoms with Gasteiger partial charge in [-0.1, -0.05) is 0 Å². The maximum atomic E-state index is 11.4. The van der Waals surface area contributed by atoms with E-state index in [1.807, 2.05) is 0 Å². The number of hydrogen-bond acceptors (Lipinski definition) is 7. The monoisotopic (exact) mass is 329 g/mol. The largest absolute Gasteiger partial charge is 0.480 e. The number of fused-ring (bicyclic) bond motifs is 1. The molecule has 3 heterocycles. The molecule has 3 aromatic heterocycles. The van der Waals surface area contributed by atoms with Gasteiger partial charge < -0.3 is 10.2 Å². The molecule has 0 aliphatic heterocycles. The highest BCUT2D eigenvalue weighted by Gasteiger charge is 2.28. The lowest BCUT2D eigenvalue weighted by Crippen LogP contribution is -2.43. The number of aliphatic carboxylic acids is 1. The number of aromatic nitrogens is 6. The standard InChI is InChI=1S/C13H11N7O4/c1-7(12(21)22)19(13(23)24)9-4-3-8-16-17-11(20(8)18-9)10-14-5-2-6-15-10/h2-7H,1H3,(H,21,22)(H,23,24)/t7-/m1/s1. The molecule has 11 nitrogen and oxygen atoms in total. The molecule has 0 saturated heterocycles. The van der Waals surface area contributed by atoms with Crippen molar-refractivity contribution in [1.29, 1.82) is 0 Å². The van der Waals surface area contributed by atoms with Crippen molar-refractivity contribution in [3.05, 3.63) is 30.6 Å². The van der Waals surface area contributed by atoms with Crippen LogP contribution in [0, 0.1) is 0 Å². The summed E-state index contributed by atoms with van der Waals surface area (Å²) in [6.45, 7) is 1.25. The van der Waals surface area contributed by atoms with Crippen LogP contribution in [0.4, 0.5) is 10.6 Å². The van der Waals surface area contributed by atoms with Gasteiger partial charge in [-0.15, -0.1) is 15.3 Å². The first-order chi connectivity index (χ1) is 11.5. The molecule has 11 heteroatoms. The molecule has 0 saturated carbocycles. The van der Waals surface area contributed by atoms with E-state index in [-0.39, 0.29) is 17.5 Å². The molecule has 0 unspecified atom stereocenters. The Hall–Kier alpha value is -3.63. The summed E-state index contributed by atoms with van der Waals surface area (Å²) in [6, 6.07) is 3.14. The van der Waals surface area contributed by atoms with Gasteiger partial charge in [-0.3, -0.25) is 0 Å². The van der Waals surface area contributed by atoms with Gasteiger partial charge in [-0.2, -0.15) is 4.52 Å². The van der Waals surface area contributed by atoms with Crippen LogP contribution in [0.3, 0.4) is 0 Å². The second-order valence-corrected chi connectivity index (χ2v) is 4.72. The molecule has 1 amide bonds. The van der Waals surface area contributed by atoms with E-state index in [2.05, 4.69) is 25.3 Å². The summed E-state index contributed by atoms with van der Waals surface area (Å²) >= 11 is 0. The van der Waals surface area contributed by atoms with Gasteiger partial charge in [0, 0.05) is 12.4 Å². The fourth-order valence-electron chi connectivity index (χ4n) is 2.03. The molecule has 3 aromatic rings. The lowest BCUT2D eigenvalue weighted by Gasteiger charge is -2.21. The Morgan fingerprint density at radius 1 is 1.17 bits per heavy atom. The van der Waals surface area contributed by atoms with E-state index in [9.17, 15) is 14.7 Å². The Morgan fingerprint density at radius 2 is 1.88 bits per heavy atom.